The van der Waals surface area contributed by atoms with Crippen molar-refractivity contribution in [3.63, 3.8) is 0 Å². The summed E-state index contributed by atoms with van der Waals surface area (Å²) >= 11 is 0. The first-order valence-corrected chi connectivity index (χ1v) is 15.0. The van der Waals surface area contributed by atoms with E-state index in [4.69, 9.17) is 19.6 Å². The van der Waals surface area contributed by atoms with Crippen LogP contribution in [0.4, 0.5) is 0 Å². The smallest absolute Gasteiger partial charge is 0.225 e. The van der Waals surface area contributed by atoms with Crippen molar-refractivity contribution in [3.8, 4) is 17.2 Å². The average Bonchev–Trinajstić information content (AvgIpc) is 3.36. The van der Waals surface area contributed by atoms with Gasteiger partial charge in [-0.25, -0.2) is 18.1 Å². The van der Waals surface area contributed by atoms with Crippen molar-refractivity contribution in [3.05, 3.63) is 60.2 Å². The highest BCUT2D eigenvalue weighted by Crippen LogP contribution is 2.29. The number of piperidine rings is 1. The van der Waals surface area contributed by atoms with Gasteiger partial charge in [-0.1, -0.05) is 19.9 Å². The summed E-state index contributed by atoms with van der Waals surface area (Å²) in [6.07, 6.45) is 3.69. The van der Waals surface area contributed by atoms with Crippen LogP contribution in [0.5, 0.6) is 11.5 Å². The Morgan fingerprint density at radius 1 is 1.11 bits per heavy atom. The predicted molar refractivity (Wildman–Crippen MR) is 144 cm³/mol. The van der Waals surface area contributed by atoms with Crippen molar-refractivity contribution < 1.29 is 22.7 Å². The van der Waals surface area contributed by atoms with Crippen molar-refractivity contribution in [2.24, 2.45) is 5.92 Å². The van der Waals surface area contributed by atoms with Gasteiger partial charge in [0.1, 0.15) is 23.9 Å². The van der Waals surface area contributed by atoms with E-state index in [1.54, 1.807) is 22.9 Å². The van der Waals surface area contributed by atoms with Gasteiger partial charge < -0.3 is 14.4 Å². The summed E-state index contributed by atoms with van der Waals surface area (Å²) in [6, 6.07) is 14.0. The number of hydrogen-bond acceptors (Lipinski definition) is 7. The molecule has 1 fully saturated rings. The van der Waals surface area contributed by atoms with Gasteiger partial charge in [-0.3, -0.25) is 4.79 Å². The van der Waals surface area contributed by atoms with E-state index in [1.807, 2.05) is 56.0 Å². The molecule has 2 atom stereocenters. The van der Waals surface area contributed by atoms with Crippen LogP contribution in [0, 0.1) is 5.92 Å². The average molecular weight is 541 g/mol. The Labute approximate surface area is 224 Å². The first-order chi connectivity index (χ1) is 18.2. The van der Waals surface area contributed by atoms with Crippen LogP contribution >= 0.6 is 0 Å². The first-order valence-electron chi connectivity index (χ1n) is 13.1. The Morgan fingerprint density at radius 3 is 2.47 bits per heavy atom. The fourth-order valence-electron chi connectivity index (χ4n) is 4.55. The van der Waals surface area contributed by atoms with E-state index in [1.165, 1.54) is 6.26 Å². The lowest BCUT2D eigenvalue weighted by atomic mass is 9.95. The lowest BCUT2D eigenvalue weighted by Gasteiger charge is -2.34. The van der Waals surface area contributed by atoms with E-state index in [9.17, 15) is 13.2 Å². The van der Waals surface area contributed by atoms with Crippen LogP contribution in [-0.4, -0.2) is 59.9 Å². The van der Waals surface area contributed by atoms with Crippen molar-refractivity contribution in [1.29, 1.82) is 0 Å². The number of likely N-dealkylation sites (tertiary alicyclic amines) is 1. The summed E-state index contributed by atoms with van der Waals surface area (Å²) in [5.74, 6) is 2.69. The minimum atomic E-state index is -3.40. The normalized spacial score (nSPS) is 16.7. The minimum Gasteiger partial charge on any atom is -0.494 e. The molecular weight excluding hydrogens is 504 g/mol. The second kappa shape index (κ2) is 12.0. The number of hydrogen-bond donors (Lipinski definition) is 0. The lowest BCUT2D eigenvalue weighted by Crippen LogP contribution is -2.42. The highest BCUT2D eigenvalue weighted by molar-refractivity contribution is 7.90. The van der Waals surface area contributed by atoms with E-state index >= 15 is 0 Å². The van der Waals surface area contributed by atoms with Gasteiger partial charge in [0.15, 0.2) is 15.7 Å². The fraction of sp³-hybridized carbons (Fsp3) is 0.464. The zero-order valence-corrected chi connectivity index (χ0v) is 23.3. The quantitative estimate of drug-likeness (QED) is 0.375. The van der Waals surface area contributed by atoms with Crippen molar-refractivity contribution in [2.75, 3.05) is 26.0 Å². The van der Waals surface area contributed by atoms with Crippen LogP contribution < -0.4 is 9.47 Å². The maximum Gasteiger partial charge on any atom is 0.225 e. The van der Waals surface area contributed by atoms with Gasteiger partial charge in [-0.2, -0.15) is 0 Å². The van der Waals surface area contributed by atoms with Gasteiger partial charge in [0.25, 0.3) is 0 Å². The van der Waals surface area contributed by atoms with E-state index in [0.717, 1.165) is 31.6 Å². The summed E-state index contributed by atoms with van der Waals surface area (Å²) in [4.78, 5) is 19.9. The number of ether oxygens (including phenoxy) is 2. The molecule has 0 bridgehead atoms. The minimum absolute atomic E-state index is 0.0314. The Kier molecular flexibility index (Phi) is 8.71. The molecule has 2 unspecified atom stereocenters. The van der Waals surface area contributed by atoms with Gasteiger partial charge in [-0.05, 0) is 68.7 Å². The van der Waals surface area contributed by atoms with E-state index in [0.29, 0.717) is 36.2 Å². The summed E-state index contributed by atoms with van der Waals surface area (Å²) in [7, 11) is -3.40. The zero-order chi connectivity index (χ0) is 27.3. The van der Waals surface area contributed by atoms with E-state index in [2.05, 4.69) is 0 Å². The van der Waals surface area contributed by atoms with Crippen molar-refractivity contribution in [2.45, 2.75) is 57.5 Å². The van der Waals surface area contributed by atoms with Crippen LogP contribution in [0.2, 0.25) is 0 Å². The molecule has 9 nitrogen and oxygen atoms in total. The Balaban J connectivity index is 1.64. The van der Waals surface area contributed by atoms with Gasteiger partial charge in [0.05, 0.1) is 17.2 Å². The molecule has 2 heterocycles. The molecule has 1 aliphatic rings. The second-order valence-electron chi connectivity index (χ2n) is 9.69. The highest BCUT2D eigenvalue weighted by Gasteiger charge is 2.31. The van der Waals surface area contributed by atoms with Crippen molar-refractivity contribution in [1.82, 2.24) is 19.7 Å². The monoisotopic (exact) mass is 540 g/mol. The van der Waals surface area contributed by atoms with Crippen LogP contribution in [0.25, 0.3) is 5.69 Å². The summed E-state index contributed by atoms with van der Waals surface area (Å²) in [6.45, 7) is 7.92. The number of sulfone groups is 1. The van der Waals surface area contributed by atoms with Gasteiger partial charge in [0, 0.05) is 31.2 Å². The number of benzene rings is 2. The number of rotatable bonds is 10. The van der Waals surface area contributed by atoms with E-state index < -0.39 is 9.84 Å². The number of nitrogens with zero attached hydrogens (tertiary/aromatic N) is 4. The van der Waals surface area contributed by atoms with Gasteiger partial charge in [-0.15, -0.1) is 5.10 Å². The van der Waals surface area contributed by atoms with Crippen molar-refractivity contribution >= 4 is 15.7 Å². The standard InChI is InChI=1S/C28H36N4O5S/c1-5-20(3)28(33)31-16-8-9-21(18-31)27-29-26(19-37-24-14-12-23(13-15-24)36-6-2)30-32(27)22-10-7-11-25(17-22)38(4,34)35/h7,10-15,17,20-21H,5-6,8-9,16,18-19H2,1-4H3. The van der Waals surface area contributed by atoms with E-state index in [-0.39, 0.29) is 29.2 Å². The molecule has 2 aromatic carbocycles. The molecule has 0 spiro atoms. The second-order valence-corrected chi connectivity index (χ2v) is 11.7. The van der Waals surface area contributed by atoms with Crippen LogP contribution in [0.3, 0.4) is 0 Å². The Bertz CT molecular complexity index is 1350. The zero-order valence-electron chi connectivity index (χ0n) is 22.5. The lowest BCUT2D eigenvalue weighted by molar-refractivity contribution is -0.136. The molecule has 0 saturated carbocycles. The summed E-state index contributed by atoms with van der Waals surface area (Å²) in [5.41, 5.74) is 0.605. The number of carbonyl (C=O) groups is 1. The molecule has 0 aliphatic carbocycles. The fourth-order valence-corrected chi connectivity index (χ4v) is 5.21. The van der Waals surface area contributed by atoms with Gasteiger partial charge >= 0.3 is 0 Å². The number of amides is 1. The maximum atomic E-state index is 12.9. The highest BCUT2D eigenvalue weighted by atomic mass is 32.2. The first kappa shape index (κ1) is 27.6. The predicted octanol–water partition coefficient (Wildman–Crippen LogP) is 4.40. The Morgan fingerprint density at radius 2 is 1.82 bits per heavy atom. The Hall–Kier alpha value is -3.40. The molecule has 0 N–H and O–H groups in total. The third-order valence-electron chi connectivity index (χ3n) is 6.80. The molecule has 1 aliphatic heterocycles. The molecule has 1 aromatic heterocycles. The molecule has 0 radical (unpaired) electrons. The number of carbonyl (C=O) groups excluding carboxylic acids is 1. The summed E-state index contributed by atoms with van der Waals surface area (Å²) in [5, 5.41) is 4.72. The third-order valence-corrected chi connectivity index (χ3v) is 7.91. The molecule has 38 heavy (non-hydrogen) atoms. The maximum absolute atomic E-state index is 12.9. The van der Waals surface area contributed by atoms with Gasteiger partial charge in [0.2, 0.25) is 5.91 Å². The van der Waals surface area contributed by atoms with Crippen LogP contribution in [-0.2, 0) is 21.2 Å². The van der Waals surface area contributed by atoms with Crippen LogP contribution in [0.1, 0.15) is 57.6 Å². The SMILES string of the molecule is CCOc1ccc(OCc2nc(C3CCCN(C(=O)C(C)CC)C3)n(-c3cccc(S(C)(=O)=O)c3)n2)cc1. The summed E-state index contributed by atoms with van der Waals surface area (Å²) < 4.78 is 37.6. The number of aromatic nitrogens is 3. The third kappa shape index (κ3) is 6.53. The molecule has 1 amide bonds. The van der Waals surface area contributed by atoms with Crippen LogP contribution in [0.15, 0.2) is 53.4 Å². The molecular formula is C28H36N4O5S. The molecule has 1 saturated heterocycles. The topological polar surface area (TPSA) is 104 Å². The molecule has 4 rings (SSSR count). The largest absolute Gasteiger partial charge is 0.494 e. The molecule has 3 aromatic rings. The molecule has 10 heteroatoms. The molecule has 204 valence electrons.